The van der Waals surface area contributed by atoms with Crippen molar-refractivity contribution in [2.24, 2.45) is 0 Å². The molecule has 3 aromatic rings. The number of aromatic nitrogens is 2. The van der Waals surface area contributed by atoms with Crippen LogP contribution in [0.15, 0.2) is 53.7 Å². The van der Waals surface area contributed by atoms with Gasteiger partial charge in [0.25, 0.3) is 0 Å². The summed E-state index contributed by atoms with van der Waals surface area (Å²) in [5.74, 6) is 0.0485. The Balaban J connectivity index is 1.86. The van der Waals surface area contributed by atoms with E-state index in [2.05, 4.69) is 10.3 Å². The van der Waals surface area contributed by atoms with E-state index in [4.69, 9.17) is 4.74 Å². The molecule has 0 radical (unpaired) electrons. The largest absolute Gasteiger partial charge is 0.495 e. The van der Waals surface area contributed by atoms with Crippen molar-refractivity contribution in [1.29, 1.82) is 0 Å². The van der Waals surface area contributed by atoms with Crippen LogP contribution in [0.25, 0.3) is 11.0 Å². The molecule has 9 heteroatoms. The molecule has 2 aromatic carbocycles. The van der Waals surface area contributed by atoms with Crippen molar-refractivity contribution in [2.75, 3.05) is 26.5 Å². The molecule has 0 spiro atoms. The standard InChI is InChI=1S/C18H20N4O4S/c1-21(2)27(24,25)13-8-9-17(26-3)15(10-13)20-18(23)11-22-12-19-14-6-4-5-7-16(14)22/h4-10,12H,11H2,1-3H3,(H,20,23). The van der Waals surface area contributed by atoms with E-state index in [9.17, 15) is 13.2 Å². The molecule has 0 atom stereocenters. The minimum absolute atomic E-state index is 0.0360. The Hall–Kier alpha value is -2.91. The van der Waals surface area contributed by atoms with Gasteiger partial charge in [-0.05, 0) is 30.3 Å². The summed E-state index contributed by atoms with van der Waals surface area (Å²) in [6.45, 7) is 0.0360. The van der Waals surface area contributed by atoms with Gasteiger partial charge in [0, 0.05) is 14.1 Å². The number of fused-ring (bicyclic) bond motifs is 1. The highest BCUT2D eigenvalue weighted by Gasteiger charge is 2.20. The summed E-state index contributed by atoms with van der Waals surface area (Å²) in [7, 11) is 0.718. The Labute approximate surface area is 157 Å². The first kappa shape index (κ1) is 18.9. The first-order valence-corrected chi connectivity index (χ1v) is 9.57. The molecule has 1 N–H and O–H groups in total. The smallest absolute Gasteiger partial charge is 0.244 e. The normalized spacial score (nSPS) is 11.7. The number of methoxy groups -OCH3 is 1. The summed E-state index contributed by atoms with van der Waals surface area (Å²) in [4.78, 5) is 16.8. The van der Waals surface area contributed by atoms with E-state index in [-0.39, 0.29) is 23.0 Å². The molecule has 1 amide bonds. The van der Waals surface area contributed by atoms with E-state index < -0.39 is 10.0 Å². The average molecular weight is 388 g/mol. The second-order valence-electron chi connectivity index (χ2n) is 6.06. The van der Waals surface area contributed by atoms with Crippen LogP contribution in [0.4, 0.5) is 5.69 Å². The quantitative estimate of drug-likeness (QED) is 0.696. The van der Waals surface area contributed by atoms with Crippen molar-refractivity contribution in [2.45, 2.75) is 11.4 Å². The fraction of sp³-hybridized carbons (Fsp3) is 0.222. The van der Waals surface area contributed by atoms with E-state index in [0.29, 0.717) is 5.75 Å². The first-order valence-electron chi connectivity index (χ1n) is 8.13. The summed E-state index contributed by atoms with van der Waals surface area (Å²) in [6.07, 6.45) is 1.59. The Kier molecular flexibility index (Phi) is 5.15. The molecular weight excluding hydrogens is 368 g/mol. The molecule has 3 rings (SSSR count). The number of carbonyl (C=O) groups excluding carboxylic acids is 1. The second kappa shape index (κ2) is 7.37. The number of rotatable bonds is 6. The summed E-state index contributed by atoms with van der Waals surface area (Å²) < 4.78 is 32.7. The maximum Gasteiger partial charge on any atom is 0.244 e. The number of nitrogens with one attached hydrogen (secondary N) is 1. The summed E-state index contributed by atoms with van der Waals surface area (Å²) >= 11 is 0. The van der Waals surface area contributed by atoms with Crippen molar-refractivity contribution in [1.82, 2.24) is 13.9 Å². The number of hydrogen-bond donors (Lipinski definition) is 1. The monoisotopic (exact) mass is 388 g/mol. The number of sulfonamides is 1. The van der Waals surface area contributed by atoms with Crippen LogP contribution in [-0.4, -0.2) is 49.4 Å². The maximum absolute atomic E-state index is 12.5. The Bertz CT molecular complexity index is 1090. The number of benzene rings is 2. The maximum atomic E-state index is 12.5. The molecule has 0 aliphatic heterocycles. The zero-order valence-corrected chi connectivity index (χ0v) is 16.0. The number of nitrogens with zero attached hydrogens (tertiary/aromatic N) is 3. The number of imidazole rings is 1. The van der Waals surface area contributed by atoms with Crippen molar-refractivity contribution >= 4 is 32.7 Å². The van der Waals surface area contributed by atoms with E-state index in [1.165, 1.54) is 39.4 Å². The van der Waals surface area contributed by atoms with Crippen LogP contribution in [0.2, 0.25) is 0 Å². The van der Waals surface area contributed by atoms with Gasteiger partial charge < -0.3 is 14.6 Å². The number of ether oxygens (including phenoxy) is 1. The number of para-hydroxylation sites is 2. The lowest BCUT2D eigenvalue weighted by Gasteiger charge is -2.15. The van der Waals surface area contributed by atoms with Gasteiger partial charge in [0.05, 0.1) is 35.1 Å². The molecular formula is C18H20N4O4S. The Morgan fingerprint density at radius 1 is 1.22 bits per heavy atom. The molecule has 0 unspecified atom stereocenters. The Morgan fingerprint density at radius 3 is 2.67 bits per heavy atom. The van der Waals surface area contributed by atoms with Gasteiger partial charge in [-0.2, -0.15) is 0 Å². The van der Waals surface area contributed by atoms with Crippen molar-refractivity contribution in [3.05, 3.63) is 48.8 Å². The van der Waals surface area contributed by atoms with E-state index in [1.807, 2.05) is 24.3 Å². The molecule has 0 bridgehead atoms. The van der Waals surface area contributed by atoms with E-state index in [0.717, 1.165) is 15.3 Å². The summed E-state index contributed by atoms with van der Waals surface area (Å²) in [6, 6.07) is 11.8. The first-order chi connectivity index (χ1) is 12.8. The lowest BCUT2D eigenvalue weighted by atomic mass is 10.3. The minimum Gasteiger partial charge on any atom is -0.495 e. The highest BCUT2D eigenvalue weighted by molar-refractivity contribution is 7.89. The van der Waals surface area contributed by atoms with Gasteiger partial charge in [-0.1, -0.05) is 12.1 Å². The third-order valence-electron chi connectivity index (χ3n) is 4.06. The number of hydrogen-bond acceptors (Lipinski definition) is 5. The molecule has 0 aliphatic carbocycles. The van der Waals surface area contributed by atoms with Crippen LogP contribution < -0.4 is 10.1 Å². The zero-order chi connectivity index (χ0) is 19.6. The lowest BCUT2D eigenvalue weighted by Crippen LogP contribution is -2.23. The third-order valence-corrected chi connectivity index (χ3v) is 5.88. The van der Waals surface area contributed by atoms with Gasteiger partial charge in [-0.25, -0.2) is 17.7 Å². The van der Waals surface area contributed by atoms with Gasteiger partial charge in [0.1, 0.15) is 12.3 Å². The van der Waals surface area contributed by atoms with Gasteiger partial charge in [0.2, 0.25) is 15.9 Å². The van der Waals surface area contributed by atoms with Crippen LogP contribution in [0.3, 0.4) is 0 Å². The lowest BCUT2D eigenvalue weighted by molar-refractivity contribution is -0.116. The molecule has 0 saturated heterocycles. The highest BCUT2D eigenvalue weighted by atomic mass is 32.2. The SMILES string of the molecule is COc1ccc(S(=O)(=O)N(C)C)cc1NC(=O)Cn1cnc2ccccc21. The van der Waals surface area contributed by atoms with Crippen LogP contribution in [0.5, 0.6) is 5.75 Å². The second-order valence-corrected chi connectivity index (χ2v) is 8.21. The van der Waals surface area contributed by atoms with E-state index in [1.54, 1.807) is 10.9 Å². The predicted molar refractivity (Wildman–Crippen MR) is 102 cm³/mol. The average Bonchev–Trinajstić information content (AvgIpc) is 3.04. The predicted octanol–water partition coefficient (Wildman–Crippen LogP) is 1.93. The highest BCUT2D eigenvalue weighted by Crippen LogP contribution is 2.28. The molecule has 27 heavy (non-hydrogen) atoms. The summed E-state index contributed by atoms with van der Waals surface area (Å²) in [5, 5.41) is 2.72. The number of amides is 1. The molecule has 0 fully saturated rings. The molecule has 0 aliphatic rings. The zero-order valence-electron chi connectivity index (χ0n) is 15.2. The van der Waals surface area contributed by atoms with Crippen molar-refractivity contribution in [3.8, 4) is 5.75 Å². The van der Waals surface area contributed by atoms with Crippen LogP contribution in [-0.2, 0) is 21.4 Å². The van der Waals surface area contributed by atoms with Crippen LogP contribution in [0, 0.1) is 0 Å². The summed E-state index contributed by atoms with van der Waals surface area (Å²) in [5.41, 5.74) is 1.92. The Morgan fingerprint density at radius 2 is 1.96 bits per heavy atom. The molecule has 142 valence electrons. The third kappa shape index (κ3) is 3.79. The minimum atomic E-state index is -3.63. The van der Waals surface area contributed by atoms with Gasteiger partial charge in [-0.15, -0.1) is 0 Å². The van der Waals surface area contributed by atoms with Crippen LogP contribution in [0.1, 0.15) is 0 Å². The fourth-order valence-corrected chi connectivity index (χ4v) is 3.57. The molecule has 8 nitrogen and oxygen atoms in total. The van der Waals surface area contributed by atoms with Gasteiger partial charge in [0.15, 0.2) is 0 Å². The van der Waals surface area contributed by atoms with E-state index >= 15 is 0 Å². The van der Waals surface area contributed by atoms with Gasteiger partial charge in [-0.3, -0.25) is 4.79 Å². The van der Waals surface area contributed by atoms with Crippen LogP contribution >= 0.6 is 0 Å². The number of anilines is 1. The topological polar surface area (TPSA) is 93.5 Å². The molecule has 1 aromatic heterocycles. The van der Waals surface area contributed by atoms with Crippen molar-refractivity contribution < 1.29 is 17.9 Å². The fourth-order valence-electron chi connectivity index (χ4n) is 2.64. The van der Waals surface area contributed by atoms with Crippen molar-refractivity contribution in [3.63, 3.8) is 0 Å². The molecule has 0 saturated carbocycles. The molecule has 1 heterocycles. The number of carbonyl (C=O) groups is 1. The van der Waals surface area contributed by atoms with Gasteiger partial charge >= 0.3 is 0 Å².